The summed E-state index contributed by atoms with van der Waals surface area (Å²) in [5, 5.41) is 5.98. The lowest BCUT2D eigenvalue weighted by Crippen LogP contribution is -2.20. The fourth-order valence-electron chi connectivity index (χ4n) is 2.04. The Morgan fingerprint density at radius 2 is 2.07 bits per heavy atom. The first kappa shape index (κ1) is 20.9. The molecule has 1 amide bonds. The van der Waals surface area contributed by atoms with E-state index in [0.29, 0.717) is 11.3 Å². The van der Waals surface area contributed by atoms with Gasteiger partial charge in [-0.3, -0.25) is 4.79 Å². The topological polar surface area (TPSA) is 99.9 Å². The Morgan fingerprint density at radius 3 is 2.71 bits per heavy atom. The molecule has 0 aliphatic carbocycles. The van der Waals surface area contributed by atoms with Crippen molar-refractivity contribution in [1.29, 1.82) is 0 Å². The molecule has 0 spiro atoms. The van der Waals surface area contributed by atoms with Crippen molar-refractivity contribution in [2.45, 2.75) is 20.5 Å². The highest BCUT2D eigenvalue weighted by molar-refractivity contribution is 5.94. The maximum Gasteiger partial charge on any atom is 0.387 e. The zero-order chi connectivity index (χ0) is 20.5. The van der Waals surface area contributed by atoms with Gasteiger partial charge < -0.3 is 24.1 Å². The van der Waals surface area contributed by atoms with E-state index in [4.69, 9.17) is 14.0 Å². The first-order valence-corrected chi connectivity index (χ1v) is 8.17. The third-order valence-corrected chi connectivity index (χ3v) is 3.14. The highest BCUT2D eigenvalue weighted by Gasteiger charge is 2.11. The molecule has 0 saturated heterocycles. The monoisotopic (exact) mass is 396 g/mol. The van der Waals surface area contributed by atoms with Gasteiger partial charge in [0, 0.05) is 12.1 Å². The van der Waals surface area contributed by atoms with Crippen LogP contribution in [-0.4, -0.2) is 36.9 Å². The van der Waals surface area contributed by atoms with Gasteiger partial charge in [-0.15, -0.1) is 0 Å². The van der Waals surface area contributed by atoms with Crippen molar-refractivity contribution in [3.05, 3.63) is 41.7 Å². The number of aryl methyl sites for hydroxylation is 1. The van der Waals surface area contributed by atoms with Crippen LogP contribution in [0.4, 0.5) is 14.6 Å². The van der Waals surface area contributed by atoms with Crippen molar-refractivity contribution in [3.63, 3.8) is 0 Å². The molecule has 150 valence electrons. The summed E-state index contributed by atoms with van der Waals surface area (Å²) in [4.78, 5) is 23.4. The predicted molar refractivity (Wildman–Crippen MR) is 94.1 cm³/mol. The van der Waals surface area contributed by atoms with Gasteiger partial charge in [0.1, 0.15) is 5.76 Å². The first-order valence-electron chi connectivity index (χ1n) is 8.17. The Hall–Kier alpha value is -3.43. The van der Waals surface area contributed by atoms with Gasteiger partial charge in [0.05, 0.1) is 6.61 Å². The number of nitrogens with zero attached hydrogens (tertiary/aromatic N) is 1. The van der Waals surface area contributed by atoms with Gasteiger partial charge in [-0.25, -0.2) is 4.79 Å². The standard InChI is InChI=1S/C18H18F2N2O6/c1-3-25-14-9-12(4-6-13(14)27-18(19)20)5-7-17(24)26-10-16(23)21-15-8-11(2)28-22-15/h4-9,18H,3,10H2,1-2H3,(H,21,22,23)/b7-5+. The van der Waals surface area contributed by atoms with Crippen LogP contribution in [0, 0.1) is 6.92 Å². The molecule has 1 aromatic heterocycles. The van der Waals surface area contributed by atoms with E-state index in [1.165, 1.54) is 30.3 Å². The maximum atomic E-state index is 12.4. The van der Waals surface area contributed by atoms with E-state index in [9.17, 15) is 18.4 Å². The van der Waals surface area contributed by atoms with Gasteiger partial charge in [-0.05, 0) is 37.6 Å². The second-order valence-corrected chi connectivity index (χ2v) is 5.33. The molecule has 0 atom stereocenters. The minimum Gasteiger partial charge on any atom is -0.490 e. The van der Waals surface area contributed by atoms with E-state index in [1.54, 1.807) is 13.8 Å². The van der Waals surface area contributed by atoms with Crippen molar-refractivity contribution in [2.75, 3.05) is 18.5 Å². The zero-order valence-corrected chi connectivity index (χ0v) is 15.1. The maximum absolute atomic E-state index is 12.4. The number of benzene rings is 1. The Labute approximate surface area is 159 Å². The molecule has 0 unspecified atom stereocenters. The summed E-state index contributed by atoms with van der Waals surface area (Å²) in [6.07, 6.45) is 2.47. The molecule has 1 heterocycles. The number of esters is 1. The van der Waals surface area contributed by atoms with E-state index >= 15 is 0 Å². The average Bonchev–Trinajstić information content (AvgIpc) is 3.04. The Kier molecular flexibility index (Phi) is 7.49. The fraction of sp³-hybridized carbons (Fsp3) is 0.278. The van der Waals surface area contributed by atoms with Crippen LogP contribution in [0.1, 0.15) is 18.2 Å². The molecule has 8 nitrogen and oxygen atoms in total. The molecule has 2 aromatic rings. The largest absolute Gasteiger partial charge is 0.490 e. The Balaban J connectivity index is 1.90. The van der Waals surface area contributed by atoms with Gasteiger partial charge in [-0.2, -0.15) is 8.78 Å². The van der Waals surface area contributed by atoms with Crippen molar-refractivity contribution >= 4 is 23.8 Å². The summed E-state index contributed by atoms with van der Waals surface area (Å²) in [5.74, 6) is -0.619. The number of aromatic nitrogens is 1. The first-order chi connectivity index (χ1) is 13.4. The molecule has 0 fully saturated rings. The number of nitrogens with one attached hydrogen (secondary N) is 1. The third-order valence-electron chi connectivity index (χ3n) is 3.14. The average molecular weight is 396 g/mol. The van der Waals surface area contributed by atoms with Gasteiger partial charge >= 0.3 is 12.6 Å². The number of hydrogen-bond donors (Lipinski definition) is 1. The summed E-state index contributed by atoms with van der Waals surface area (Å²) < 4.78 is 44.0. The minimum atomic E-state index is -2.98. The van der Waals surface area contributed by atoms with Crippen LogP contribution in [0.15, 0.2) is 34.9 Å². The lowest BCUT2D eigenvalue weighted by Gasteiger charge is -2.11. The number of carbonyl (C=O) groups is 2. The molecule has 10 heteroatoms. The SMILES string of the molecule is CCOc1cc(/C=C/C(=O)OCC(=O)Nc2cc(C)on2)ccc1OC(F)F. The molecule has 1 N–H and O–H groups in total. The number of rotatable bonds is 9. The summed E-state index contributed by atoms with van der Waals surface area (Å²) in [7, 11) is 0. The summed E-state index contributed by atoms with van der Waals surface area (Å²) >= 11 is 0. The highest BCUT2D eigenvalue weighted by Crippen LogP contribution is 2.30. The van der Waals surface area contributed by atoms with Crippen molar-refractivity contribution < 1.29 is 37.1 Å². The smallest absolute Gasteiger partial charge is 0.387 e. The van der Waals surface area contributed by atoms with E-state index < -0.39 is 25.1 Å². The van der Waals surface area contributed by atoms with Crippen LogP contribution in [-0.2, 0) is 14.3 Å². The molecular formula is C18H18F2N2O6. The number of anilines is 1. The molecule has 0 saturated carbocycles. The lowest BCUT2D eigenvalue weighted by molar-refractivity contribution is -0.142. The summed E-state index contributed by atoms with van der Waals surface area (Å²) in [6, 6.07) is 5.71. The number of amides is 1. The van der Waals surface area contributed by atoms with E-state index in [0.717, 1.165) is 6.08 Å². The third kappa shape index (κ3) is 6.71. The van der Waals surface area contributed by atoms with E-state index in [2.05, 4.69) is 15.2 Å². The van der Waals surface area contributed by atoms with Crippen LogP contribution in [0.2, 0.25) is 0 Å². The van der Waals surface area contributed by atoms with E-state index in [1.807, 2.05) is 0 Å². The Morgan fingerprint density at radius 1 is 1.29 bits per heavy atom. The molecule has 2 rings (SSSR count). The van der Waals surface area contributed by atoms with Crippen molar-refractivity contribution in [1.82, 2.24) is 5.16 Å². The number of ether oxygens (including phenoxy) is 3. The van der Waals surface area contributed by atoms with Crippen molar-refractivity contribution in [3.8, 4) is 11.5 Å². The van der Waals surface area contributed by atoms with Crippen LogP contribution < -0.4 is 14.8 Å². The molecule has 0 aliphatic rings. The van der Waals surface area contributed by atoms with Gasteiger partial charge in [-0.1, -0.05) is 11.2 Å². The van der Waals surface area contributed by atoms with Crippen LogP contribution in [0.5, 0.6) is 11.5 Å². The molecule has 0 radical (unpaired) electrons. The Bertz CT molecular complexity index is 850. The normalized spacial score (nSPS) is 10.9. The molecule has 0 aliphatic heterocycles. The number of carbonyl (C=O) groups excluding carboxylic acids is 2. The number of alkyl halides is 2. The quantitative estimate of drug-likeness (QED) is 0.513. The van der Waals surface area contributed by atoms with Crippen LogP contribution >= 0.6 is 0 Å². The van der Waals surface area contributed by atoms with Crippen molar-refractivity contribution in [2.24, 2.45) is 0 Å². The molecular weight excluding hydrogens is 378 g/mol. The van der Waals surface area contributed by atoms with Gasteiger partial charge in [0.25, 0.3) is 5.91 Å². The van der Waals surface area contributed by atoms with Crippen LogP contribution in [0.3, 0.4) is 0 Å². The molecule has 1 aromatic carbocycles. The number of hydrogen-bond acceptors (Lipinski definition) is 7. The minimum absolute atomic E-state index is 0.112. The predicted octanol–water partition coefficient (Wildman–Crippen LogP) is 3.18. The second-order valence-electron chi connectivity index (χ2n) is 5.33. The zero-order valence-electron chi connectivity index (χ0n) is 15.1. The fourth-order valence-corrected chi connectivity index (χ4v) is 2.04. The lowest BCUT2D eigenvalue weighted by atomic mass is 10.2. The summed E-state index contributed by atoms with van der Waals surface area (Å²) in [6.45, 7) is 0.103. The van der Waals surface area contributed by atoms with Gasteiger partial charge in [0.15, 0.2) is 23.9 Å². The molecule has 28 heavy (non-hydrogen) atoms. The van der Waals surface area contributed by atoms with Gasteiger partial charge in [0.2, 0.25) is 0 Å². The van der Waals surface area contributed by atoms with Crippen LogP contribution in [0.25, 0.3) is 6.08 Å². The second kappa shape index (κ2) is 10.0. The number of halogens is 2. The summed E-state index contributed by atoms with van der Waals surface area (Å²) in [5.41, 5.74) is 0.490. The molecule has 0 bridgehead atoms. The highest BCUT2D eigenvalue weighted by atomic mass is 19.3. The van der Waals surface area contributed by atoms with E-state index in [-0.39, 0.29) is 23.9 Å².